The van der Waals surface area contributed by atoms with Crippen LogP contribution in [0.5, 0.6) is 5.75 Å². The highest BCUT2D eigenvalue weighted by atomic mass is 32.2. The highest BCUT2D eigenvalue weighted by Gasteiger charge is 2.31. The number of aryl methyl sites for hydroxylation is 1. The third kappa shape index (κ3) is 5.25. The third-order valence-corrected chi connectivity index (χ3v) is 5.56. The average molecular weight is 397 g/mol. The maximum atomic E-state index is 12.4. The van der Waals surface area contributed by atoms with Crippen molar-refractivity contribution in [3.05, 3.63) is 36.0 Å². The van der Waals surface area contributed by atoms with E-state index in [-0.39, 0.29) is 23.6 Å². The third-order valence-electron chi connectivity index (χ3n) is 4.12. The van der Waals surface area contributed by atoms with Crippen molar-refractivity contribution in [2.45, 2.75) is 36.9 Å². The Hall–Kier alpha value is -2.01. The Morgan fingerprint density at radius 2 is 2.00 bits per heavy atom. The molecule has 0 amide bonds. The van der Waals surface area contributed by atoms with Crippen molar-refractivity contribution in [2.75, 3.05) is 26.9 Å². The molecule has 1 aliphatic rings. The van der Waals surface area contributed by atoms with Crippen molar-refractivity contribution in [3.63, 3.8) is 0 Å². The largest absolute Gasteiger partial charge is 0.491 e. The van der Waals surface area contributed by atoms with Crippen LogP contribution in [-0.4, -0.2) is 51.5 Å². The maximum Gasteiger partial charge on any atom is 0.255 e. The molecule has 1 N–H and O–H groups in total. The molecule has 0 saturated carbocycles. The number of nitrogens with one attached hydrogen (secondary N) is 1. The van der Waals surface area contributed by atoms with Crippen molar-refractivity contribution >= 4 is 10.0 Å². The molecule has 0 spiro atoms. The van der Waals surface area contributed by atoms with Crippen LogP contribution in [0.15, 0.2) is 33.7 Å². The van der Waals surface area contributed by atoms with E-state index in [2.05, 4.69) is 14.9 Å². The zero-order chi connectivity index (χ0) is 19.3. The quantitative estimate of drug-likeness (QED) is 0.635. The van der Waals surface area contributed by atoms with Crippen molar-refractivity contribution in [1.29, 1.82) is 0 Å². The molecule has 2 aromatic rings. The van der Waals surface area contributed by atoms with Crippen molar-refractivity contribution in [2.24, 2.45) is 0 Å². The molecule has 0 bridgehead atoms. The Morgan fingerprint density at radius 1 is 1.22 bits per heavy atom. The van der Waals surface area contributed by atoms with E-state index in [0.29, 0.717) is 43.5 Å². The van der Waals surface area contributed by atoms with Crippen LogP contribution in [0.1, 0.15) is 30.7 Å². The number of sulfonamides is 1. The van der Waals surface area contributed by atoms with Gasteiger partial charge in [-0.1, -0.05) is 5.16 Å². The molecule has 1 fully saturated rings. The van der Waals surface area contributed by atoms with E-state index in [4.69, 9.17) is 18.7 Å². The van der Waals surface area contributed by atoms with Gasteiger partial charge in [0.15, 0.2) is 5.82 Å². The van der Waals surface area contributed by atoms with Gasteiger partial charge in [0.2, 0.25) is 10.0 Å². The summed E-state index contributed by atoms with van der Waals surface area (Å²) in [6, 6.07) is 6.24. The van der Waals surface area contributed by atoms with Gasteiger partial charge in [-0.2, -0.15) is 4.98 Å². The van der Waals surface area contributed by atoms with Crippen molar-refractivity contribution < 1.29 is 27.2 Å². The molecule has 0 radical (unpaired) electrons. The first kappa shape index (κ1) is 19.7. The number of nitrogens with zero attached hydrogens (tertiary/aromatic N) is 2. The van der Waals surface area contributed by atoms with E-state index in [1.54, 1.807) is 26.2 Å². The highest BCUT2D eigenvalue weighted by Crippen LogP contribution is 2.31. The molecule has 1 aliphatic heterocycles. The summed E-state index contributed by atoms with van der Waals surface area (Å²) >= 11 is 0. The lowest BCUT2D eigenvalue weighted by atomic mass is 10.2. The molecule has 148 valence electrons. The SMILES string of the molecule is COCCOc1ccc(S(=O)(=O)NC[C@H]2CC[C@@H](c3nc(C)no3)O2)cc1. The lowest BCUT2D eigenvalue weighted by molar-refractivity contribution is 0.0290. The summed E-state index contributed by atoms with van der Waals surface area (Å²) in [4.78, 5) is 4.33. The van der Waals surface area contributed by atoms with E-state index >= 15 is 0 Å². The highest BCUT2D eigenvalue weighted by molar-refractivity contribution is 7.89. The van der Waals surface area contributed by atoms with E-state index in [9.17, 15) is 8.42 Å². The fraction of sp³-hybridized carbons (Fsp3) is 0.529. The summed E-state index contributed by atoms with van der Waals surface area (Å²) in [5.74, 6) is 1.57. The van der Waals surface area contributed by atoms with Crippen LogP contribution in [0.3, 0.4) is 0 Å². The predicted octanol–water partition coefficient (Wildman–Crippen LogP) is 1.60. The minimum atomic E-state index is -3.63. The van der Waals surface area contributed by atoms with Crippen LogP contribution in [0.25, 0.3) is 0 Å². The number of benzene rings is 1. The van der Waals surface area contributed by atoms with Gasteiger partial charge in [0, 0.05) is 13.7 Å². The summed E-state index contributed by atoms with van der Waals surface area (Å²) in [5, 5.41) is 3.75. The molecule has 0 aliphatic carbocycles. The molecule has 9 nitrogen and oxygen atoms in total. The first-order valence-electron chi connectivity index (χ1n) is 8.65. The van der Waals surface area contributed by atoms with Crippen LogP contribution >= 0.6 is 0 Å². The average Bonchev–Trinajstić information content (AvgIpc) is 3.30. The van der Waals surface area contributed by atoms with E-state index in [0.717, 1.165) is 0 Å². The standard InChI is InChI=1S/C17H23N3O6S/c1-12-19-17(26-20-12)16-8-5-14(25-16)11-18-27(21,22)15-6-3-13(4-7-15)24-10-9-23-2/h3-4,6-7,14,16,18H,5,8-11H2,1-2H3/t14-,16+/m1/s1. The molecule has 27 heavy (non-hydrogen) atoms. The Balaban J connectivity index is 1.51. The fourth-order valence-corrected chi connectivity index (χ4v) is 3.79. The minimum absolute atomic E-state index is 0.170. The van der Waals surface area contributed by atoms with Crippen molar-refractivity contribution in [3.8, 4) is 5.75 Å². The molecule has 2 atom stereocenters. The molecule has 1 saturated heterocycles. The molecule has 1 aromatic heterocycles. The Bertz CT molecular complexity index is 837. The van der Waals surface area contributed by atoms with Gasteiger partial charge in [-0.05, 0) is 44.0 Å². The molecule has 0 unspecified atom stereocenters. The number of aromatic nitrogens is 2. The van der Waals surface area contributed by atoms with E-state index in [1.165, 1.54) is 12.1 Å². The van der Waals surface area contributed by atoms with Crippen LogP contribution in [0.2, 0.25) is 0 Å². The number of hydrogen-bond acceptors (Lipinski definition) is 8. The molecular weight excluding hydrogens is 374 g/mol. The lowest BCUT2D eigenvalue weighted by Crippen LogP contribution is -2.32. The van der Waals surface area contributed by atoms with Crippen LogP contribution in [0.4, 0.5) is 0 Å². The maximum absolute atomic E-state index is 12.4. The van der Waals surface area contributed by atoms with Crippen molar-refractivity contribution in [1.82, 2.24) is 14.9 Å². The molecular formula is C17H23N3O6S. The second-order valence-corrected chi connectivity index (χ2v) is 7.94. The summed E-state index contributed by atoms with van der Waals surface area (Å²) in [5.41, 5.74) is 0. The topological polar surface area (TPSA) is 113 Å². The van der Waals surface area contributed by atoms with Gasteiger partial charge in [-0.3, -0.25) is 0 Å². The number of rotatable bonds is 9. The summed E-state index contributed by atoms with van der Waals surface area (Å²) in [6.07, 6.45) is 0.889. The fourth-order valence-electron chi connectivity index (χ4n) is 2.73. The van der Waals surface area contributed by atoms with Gasteiger partial charge in [-0.25, -0.2) is 13.1 Å². The molecule has 3 rings (SSSR count). The monoisotopic (exact) mass is 397 g/mol. The van der Waals surface area contributed by atoms with Gasteiger partial charge in [-0.15, -0.1) is 0 Å². The van der Waals surface area contributed by atoms with Crippen LogP contribution in [-0.2, 0) is 19.5 Å². The Morgan fingerprint density at radius 3 is 2.67 bits per heavy atom. The second kappa shape index (κ2) is 8.79. The molecule has 2 heterocycles. The van der Waals surface area contributed by atoms with Gasteiger partial charge >= 0.3 is 0 Å². The first-order valence-corrected chi connectivity index (χ1v) is 10.1. The summed E-state index contributed by atoms with van der Waals surface area (Å²) in [6.45, 7) is 2.78. The van der Waals surface area contributed by atoms with Gasteiger partial charge in [0.05, 0.1) is 17.6 Å². The number of hydrogen-bond donors (Lipinski definition) is 1. The van der Waals surface area contributed by atoms with Gasteiger partial charge in [0.1, 0.15) is 18.5 Å². The molecule has 1 aromatic carbocycles. The smallest absolute Gasteiger partial charge is 0.255 e. The van der Waals surface area contributed by atoms with E-state index in [1.807, 2.05) is 0 Å². The van der Waals surface area contributed by atoms with Gasteiger partial charge < -0.3 is 18.7 Å². The normalized spacial score (nSPS) is 20.1. The first-order chi connectivity index (χ1) is 13.0. The predicted molar refractivity (Wildman–Crippen MR) is 94.9 cm³/mol. The zero-order valence-corrected chi connectivity index (χ0v) is 16.1. The summed E-state index contributed by atoms with van der Waals surface area (Å²) in [7, 11) is -2.04. The lowest BCUT2D eigenvalue weighted by Gasteiger charge is -2.13. The molecule has 10 heteroatoms. The van der Waals surface area contributed by atoms with Gasteiger partial charge in [0.25, 0.3) is 5.89 Å². The number of methoxy groups -OCH3 is 1. The van der Waals surface area contributed by atoms with E-state index < -0.39 is 10.0 Å². The summed E-state index contributed by atoms with van der Waals surface area (Å²) < 4.78 is 48.7. The Labute approximate surface area is 158 Å². The number of ether oxygens (including phenoxy) is 3. The zero-order valence-electron chi connectivity index (χ0n) is 15.3. The minimum Gasteiger partial charge on any atom is -0.491 e. The van der Waals surface area contributed by atoms with Crippen LogP contribution < -0.4 is 9.46 Å². The van der Waals surface area contributed by atoms with Crippen LogP contribution in [0, 0.1) is 6.92 Å². The second-order valence-electron chi connectivity index (χ2n) is 6.17. The Kier molecular flexibility index (Phi) is 6.42.